The molecule has 136 valence electrons. The second-order valence-electron chi connectivity index (χ2n) is 6.34. The Bertz CT molecular complexity index is 768. The Kier molecular flexibility index (Phi) is 5.73. The number of anilines is 2. The van der Waals surface area contributed by atoms with E-state index in [4.69, 9.17) is 4.74 Å². The molecule has 1 saturated carbocycles. The Hall–Kier alpha value is -3.02. The fourth-order valence-corrected chi connectivity index (χ4v) is 3.04. The first kappa shape index (κ1) is 17.8. The molecule has 0 heterocycles. The molecule has 0 bridgehead atoms. The summed E-state index contributed by atoms with van der Waals surface area (Å²) in [6, 6.07) is 13.9. The fraction of sp³-hybridized carbons (Fsp3) is 0.300. The Balaban J connectivity index is 1.54. The van der Waals surface area contributed by atoms with Gasteiger partial charge in [0.2, 0.25) is 0 Å². The van der Waals surface area contributed by atoms with Crippen LogP contribution in [0.5, 0.6) is 5.75 Å². The maximum absolute atomic E-state index is 12.2. The molecule has 0 spiro atoms. The number of carbonyl (C=O) groups excluding carboxylic acids is 2. The molecule has 2 aromatic rings. The molecule has 1 aliphatic carbocycles. The average molecular weight is 353 g/mol. The van der Waals surface area contributed by atoms with Gasteiger partial charge in [-0.1, -0.05) is 18.9 Å². The van der Waals surface area contributed by atoms with Crippen LogP contribution < -0.4 is 20.7 Å². The molecule has 2 aromatic carbocycles. The second kappa shape index (κ2) is 8.38. The van der Waals surface area contributed by atoms with E-state index in [1.54, 1.807) is 55.6 Å². The van der Waals surface area contributed by atoms with E-state index in [2.05, 4.69) is 16.0 Å². The van der Waals surface area contributed by atoms with Gasteiger partial charge in [0.15, 0.2) is 0 Å². The van der Waals surface area contributed by atoms with Crippen LogP contribution >= 0.6 is 0 Å². The SMILES string of the molecule is COc1cccc(NC(=O)Nc2ccc(C(=O)NC3CCCC3)cc2)c1. The van der Waals surface area contributed by atoms with Crippen molar-refractivity contribution in [3.05, 3.63) is 54.1 Å². The molecule has 0 aliphatic heterocycles. The van der Waals surface area contributed by atoms with Crippen molar-refractivity contribution in [1.82, 2.24) is 5.32 Å². The normalized spacial score (nSPS) is 13.9. The molecule has 3 amide bonds. The first-order valence-corrected chi connectivity index (χ1v) is 8.77. The van der Waals surface area contributed by atoms with Gasteiger partial charge in [-0.05, 0) is 49.2 Å². The van der Waals surface area contributed by atoms with Crippen LogP contribution in [0.3, 0.4) is 0 Å². The maximum Gasteiger partial charge on any atom is 0.323 e. The highest BCUT2D eigenvalue weighted by molar-refractivity contribution is 6.00. The van der Waals surface area contributed by atoms with Crippen LogP contribution in [0.2, 0.25) is 0 Å². The summed E-state index contributed by atoms with van der Waals surface area (Å²) in [5, 5.41) is 8.53. The van der Waals surface area contributed by atoms with Crippen LogP contribution in [0.25, 0.3) is 0 Å². The molecular weight excluding hydrogens is 330 g/mol. The molecule has 0 unspecified atom stereocenters. The number of urea groups is 1. The topological polar surface area (TPSA) is 79.5 Å². The zero-order valence-electron chi connectivity index (χ0n) is 14.7. The number of amides is 3. The van der Waals surface area contributed by atoms with Gasteiger partial charge in [-0.3, -0.25) is 4.79 Å². The monoisotopic (exact) mass is 353 g/mol. The summed E-state index contributed by atoms with van der Waals surface area (Å²) in [7, 11) is 1.57. The molecule has 1 fully saturated rings. The van der Waals surface area contributed by atoms with E-state index in [-0.39, 0.29) is 18.0 Å². The molecule has 6 nitrogen and oxygen atoms in total. The largest absolute Gasteiger partial charge is 0.497 e. The van der Waals surface area contributed by atoms with Gasteiger partial charge in [-0.2, -0.15) is 0 Å². The van der Waals surface area contributed by atoms with E-state index in [1.165, 1.54) is 12.8 Å². The number of methoxy groups -OCH3 is 1. The quantitative estimate of drug-likeness (QED) is 0.760. The van der Waals surface area contributed by atoms with E-state index in [1.807, 2.05) is 0 Å². The molecule has 0 saturated heterocycles. The van der Waals surface area contributed by atoms with Gasteiger partial charge in [-0.25, -0.2) is 4.79 Å². The molecule has 0 aromatic heterocycles. The molecule has 6 heteroatoms. The van der Waals surface area contributed by atoms with Crippen molar-refractivity contribution in [2.75, 3.05) is 17.7 Å². The van der Waals surface area contributed by atoms with Crippen LogP contribution in [0, 0.1) is 0 Å². The minimum Gasteiger partial charge on any atom is -0.497 e. The number of benzene rings is 2. The minimum atomic E-state index is -0.360. The predicted octanol–water partition coefficient (Wildman–Crippen LogP) is 4.01. The van der Waals surface area contributed by atoms with Crippen LogP contribution in [-0.2, 0) is 0 Å². The summed E-state index contributed by atoms with van der Waals surface area (Å²) in [5.41, 5.74) is 1.84. The minimum absolute atomic E-state index is 0.0655. The highest BCUT2D eigenvalue weighted by Crippen LogP contribution is 2.19. The lowest BCUT2D eigenvalue weighted by Crippen LogP contribution is -2.32. The molecular formula is C20H23N3O3. The highest BCUT2D eigenvalue weighted by Gasteiger charge is 2.17. The number of hydrogen-bond acceptors (Lipinski definition) is 3. The van der Waals surface area contributed by atoms with Gasteiger partial charge in [0.1, 0.15) is 5.75 Å². The molecule has 0 radical (unpaired) electrons. The van der Waals surface area contributed by atoms with Gasteiger partial charge >= 0.3 is 6.03 Å². The first-order chi connectivity index (χ1) is 12.6. The third-order valence-corrected chi connectivity index (χ3v) is 4.42. The lowest BCUT2D eigenvalue weighted by Gasteiger charge is -2.12. The summed E-state index contributed by atoms with van der Waals surface area (Å²) in [4.78, 5) is 24.3. The maximum atomic E-state index is 12.2. The van der Waals surface area contributed by atoms with Crippen LogP contribution in [0.1, 0.15) is 36.0 Å². The zero-order valence-corrected chi connectivity index (χ0v) is 14.7. The molecule has 0 atom stereocenters. The van der Waals surface area contributed by atoms with Crippen LogP contribution in [-0.4, -0.2) is 25.1 Å². The van der Waals surface area contributed by atoms with E-state index in [9.17, 15) is 9.59 Å². The average Bonchev–Trinajstić information content (AvgIpc) is 3.15. The number of ether oxygens (including phenoxy) is 1. The summed E-state index contributed by atoms with van der Waals surface area (Å²) in [5.74, 6) is 0.602. The third-order valence-electron chi connectivity index (χ3n) is 4.42. The van der Waals surface area contributed by atoms with E-state index in [0.717, 1.165) is 12.8 Å². The molecule has 1 aliphatic rings. The van der Waals surface area contributed by atoms with Crippen molar-refractivity contribution in [2.24, 2.45) is 0 Å². The van der Waals surface area contributed by atoms with E-state index in [0.29, 0.717) is 22.7 Å². The summed E-state index contributed by atoms with van der Waals surface area (Å²) in [6.07, 6.45) is 4.46. The highest BCUT2D eigenvalue weighted by atomic mass is 16.5. The lowest BCUT2D eigenvalue weighted by molar-refractivity contribution is 0.0938. The van der Waals surface area contributed by atoms with Crippen molar-refractivity contribution < 1.29 is 14.3 Å². The van der Waals surface area contributed by atoms with Gasteiger partial charge in [-0.15, -0.1) is 0 Å². The molecule has 26 heavy (non-hydrogen) atoms. The first-order valence-electron chi connectivity index (χ1n) is 8.77. The third kappa shape index (κ3) is 4.75. The van der Waals surface area contributed by atoms with Gasteiger partial charge in [0, 0.05) is 29.0 Å². The summed E-state index contributed by atoms with van der Waals surface area (Å²) < 4.78 is 5.13. The van der Waals surface area contributed by atoms with Crippen molar-refractivity contribution in [1.29, 1.82) is 0 Å². The number of carbonyl (C=O) groups is 2. The van der Waals surface area contributed by atoms with Gasteiger partial charge in [0.25, 0.3) is 5.91 Å². The van der Waals surface area contributed by atoms with Crippen molar-refractivity contribution in [2.45, 2.75) is 31.7 Å². The van der Waals surface area contributed by atoms with E-state index >= 15 is 0 Å². The summed E-state index contributed by atoms with van der Waals surface area (Å²) >= 11 is 0. The number of rotatable bonds is 5. The Morgan fingerprint density at radius 2 is 1.65 bits per heavy atom. The van der Waals surface area contributed by atoms with Crippen molar-refractivity contribution >= 4 is 23.3 Å². The lowest BCUT2D eigenvalue weighted by atomic mass is 10.1. The van der Waals surface area contributed by atoms with Gasteiger partial charge < -0.3 is 20.7 Å². The standard InChI is InChI=1S/C20H23N3O3/c1-26-18-8-4-7-17(13-18)23-20(25)22-16-11-9-14(10-12-16)19(24)21-15-5-2-3-6-15/h4,7-13,15H,2-3,5-6H2,1H3,(H,21,24)(H2,22,23,25). The molecule has 3 N–H and O–H groups in total. The van der Waals surface area contributed by atoms with Gasteiger partial charge in [0.05, 0.1) is 7.11 Å². The summed E-state index contributed by atoms with van der Waals surface area (Å²) in [6.45, 7) is 0. The number of hydrogen-bond donors (Lipinski definition) is 3. The Morgan fingerprint density at radius 3 is 2.35 bits per heavy atom. The van der Waals surface area contributed by atoms with Crippen LogP contribution in [0.15, 0.2) is 48.5 Å². The van der Waals surface area contributed by atoms with Crippen molar-refractivity contribution in [3.63, 3.8) is 0 Å². The fourth-order valence-electron chi connectivity index (χ4n) is 3.04. The number of nitrogens with one attached hydrogen (secondary N) is 3. The predicted molar refractivity (Wildman–Crippen MR) is 102 cm³/mol. The Labute approximate surface area is 152 Å². The van der Waals surface area contributed by atoms with Crippen LogP contribution in [0.4, 0.5) is 16.2 Å². The zero-order chi connectivity index (χ0) is 18.4. The second-order valence-corrected chi connectivity index (χ2v) is 6.34. The van der Waals surface area contributed by atoms with Crippen molar-refractivity contribution in [3.8, 4) is 5.75 Å². The molecule has 3 rings (SSSR count). The smallest absolute Gasteiger partial charge is 0.323 e. The van der Waals surface area contributed by atoms with E-state index < -0.39 is 0 Å². The Morgan fingerprint density at radius 1 is 0.962 bits per heavy atom.